The van der Waals surface area contributed by atoms with Gasteiger partial charge in [-0.1, -0.05) is 17.7 Å². The average Bonchev–Trinajstić information content (AvgIpc) is 3.03. The van der Waals surface area contributed by atoms with Crippen molar-refractivity contribution in [3.05, 3.63) is 51.7 Å². The van der Waals surface area contributed by atoms with E-state index in [0.29, 0.717) is 17.3 Å². The zero-order valence-corrected chi connectivity index (χ0v) is 15.9. The third-order valence-electron chi connectivity index (χ3n) is 3.68. The molecule has 0 saturated heterocycles. The summed E-state index contributed by atoms with van der Waals surface area (Å²) < 4.78 is 5.82. The highest BCUT2D eigenvalue weighted by molar-refractivity contribution is 7.10. The summed E-state index contributed by atoms with van der Waals surface area (Å²) in [4.78, 5) is 15.9. The van der Waals surface area contributed by atoms with Crippen molar-refractivity contribution >= 4 is 28.8 Å². The Morgan fingerprint density at radius 3 is 2.50 bits per heavy atom. The fraction of sp³-hybridized carbons (Fsp3) is 0.389. The van der Waals surface area contributed by atoms with Gasteiger partial charge >= 0.3 is 0 Å². The SMILES string of the molecule is CN(C)[C@H](CNC(=O)C(C)(C)Oc1ccc(Cl)cc1)c1cccs1. The number of carbonyl (C=O) groups is 1. The number of halogens is 1. The van der Waals surface area contributed by atoms with Crippen molar-refractivity contribution in [3.8, 4) is 5.75 Å². The van der Waals surface area contributed by atoms with Gasteiger partial charge in [-0.2, -0.15) is 0 Å². The Bertz CT molecular complexity index is 654. The number of amides is 1. The van der Waals surface area contributed by atoms with E-state index in [0.717, 1.165) is 0 Å². The van der Waals surface area contributed by atoms with E-state index in [2.05, 4.69) is 16.3 Å². The molecule has 0 aliphatic rings. The Kier molecular flexibility index (Phi) is 6.27. The maximum Gasteiger partial charge on any atom is 0.263 e. The first-order chi connectivity index (χ1) is 11.3. The molecular formula is C18H23ClN2O2S. The van der Waals surface area contributed by atoms with Crippen LogP contribution in [-0.4, -0.2) is 37.0 Å². The van der Waals surface area contributed by atoms with Crippen molar-refractivity contribution in [1.82, 2.24) is 10.2 Å². The lowest BCUT2D eigenvalue weighted by Gasteiger charge is -2.28. The summed E-state index contributed by atoms with van der Waals surface area (Å²) in [5.74, 6) is 0.461. The normalized spacial score (nSPS) is 12.9. The van der Waals surface area contributed by atoms with Crippen LogP contribution in [0.4, 0.5) is 0 Å². The van der Waals surface area contributed by atoms with E-state index in [9.17, 15) is 4.79 Å². The van der Waals surface area contributed by atoms with Crippen LogP contribution in [-0.2, 0) is 4.79 Å². The number of thiophene rings is 1. The molecule has 0 bridgehead atoms. The van der Waals surface area contributed by atoms with Gasteiger partial charge in [0.25, 0.3) is 5.91 Å². The molecule has 1 N–H and O–H groups in total. The van der Waals surface area contributed by atoms with Gasteiger partial charge in [-0.05, 0) is 63.7 Å². The number of likely N-dealkylation sites (N-methyl/N-ethyl adjacent to an activating group) is 1. The van der Waals surface area contributed by atoms with Crippen LogP contribution in [0.2, 0.25) is 5.02 Å². The molecule has 0 unspecified atom stereocenters. The summed E-state index contributed by atoms with van der Waals surface area (Å²) in [7, 11) is 4.01. The molecule has 6 heteroatoms. The van der Waals surface area contributed by atoms with Crippen molar-refractivity contribution in [3.63, 3.8) is 0 Å². The maximum absolute atomic E-state index is 12.6. The van der Waals surface area contributed by atoms with Crippen LogP contribution in [0, 0.1) is 0 Å². The van der Waals surface area contributed by atoms with Gasteiger partial charge in [0.05, 0.1) is 6.04 Å². The van der Waals surface area contributed by atoms with Gasteiger partial charge in [-0.15, -0.1) is 11.3 Å². The summed E-state index contributed by atoms with van der Waals surface area (Å²) in [5, 5.41) is 5.68. The number of ether oxygens (including phenoxy) is 1. The predicted molar refractivity (Wildman–Crippen MR) is 99.9 cm³/mol. The van der Waals surface area contributed by atoms with Crippen molar-refractivity contribution in [1.29, 1.82) is 0 Å². The lowest BCUT2D eigenvalue weighted by Crippen LogP contribution is -2.48. The zero-order valence-electron chi connectivity index (χ0n) is 14.4. The highest BCUT2D eigenvalue weighted by atomic mass is 35.5. The summed E-state index contributed by atoms with van der Waals surface area (Å²) in [6, 6.07) is 11.2. The van der Waals surface area contributed by atoms with Crippen LogP contribution >= 0.6 is 22.9 Å². The van der Waals surface area contributed by atoms with Crippen molar-refractivity contribution in [2.24, 2.45) is 0 Å². The molecule has 0 fully saturated rings. The summed E-state index contributed by atoms with van der Waals surface area (Å²) in [6.07, 6.45) is 0. The summed E-state index contributed by atoms with van der Waals surface area (Å²) >= 11 is 7.56. The fourth-order valence-corrected chi connectivity index (χ4v) is 3.31. The van der Waals surface area contributed by atoms with Gasteiger partial charge in [-0.25, -0.2) is 0 Å². The third kappa shape index (κ3) is 4.97. The van der Waals surface area contributed by atoms with E-state index >= 15 is 0 Å². The standard InChI is InChI=1S/C18H23ClN2O2S/c1-18(2,23-14-9-7-13(19)8-10-14)17(22)20-12-15(21(3)4)16-6-5-11-24-16/h5-11,15H,12H2,1-4H3,(H,20,22)/t15-/m1/s1. The smallest absolute Gasteiger partial charge is 0.263 e. The Morgan fingerprint density at radius 2 is 1.96 bits per heavy atom. The first-order valence-corrected chi connectivity index (χ1v) is 8.98. The van der Waals surface area contributed by atoms with Crippen molar-refractivity contribution in [2.75, 3.05) is 20.6 Å². The van der Waals surface area contributed by atoms with Gasteiger partial charge < -0.3 is 15.0 Å². The second-order valence-corrected chi connectivity index (χ2v) is 7.69. The molecule has 0 aliphatic heterocycles. The molecule has 1 heterocycles. The fourth-order valence-electron chi connectivity index (χ4n) is 2.26. The Morgan fingerprint density at radius 1 is 1.29 bits per heavy atom. The van der Waals surface area contributed by atoms with Gasteiger partial charge in [0.1, 0.15) is 5.75 Å². The number of rotatable bonds is 7. The molecule has 2 rings (SSSR count). The van der Waals surface area contributed by atoms with E-state index in [1.165, 1.54) is 4.88 Å². The van der Waals surface area contributed by atoms with Gasteiger partial charge in [-0.3, -0.25) is 4.79 Å². The lowest BCUT2D eigenvalue weighted by atomic mass is 10.1. The second kappa shape index (κ2) is 8.01. The molecule has 0 aliphatic carbocycles. The summed E-state index contributed by atoms with van der Waals surface area (Å²) in [5.41, 5.74) is -0.972. The number of carbonyl (C=O) groups excluding carboxylic acids is 1. The number of benzene rings is 1. The van der Waals surface area contributed by atoms with E-state index in [-0.39, 0.29) is 11.9 Å². The van der Waals surface area contributed by atoms with Gasteiger partial charge in [0.15, 0.2) is 5.60 Å². The zero-order chi connectivity index (χ0) is 17.7. The highest BCUT2D eigenvalue weighted by Gasteiger charge is 2.30. The summed E-state index contributed by atoms with van der Waals surface area (Å²) in [6.45, 7) is 4.04. The number of hydrogen-bond donors (Lipinski definition) is 1. The first kappa shape index (κ1) is 18.8. The molecule has 24 heavy (non-hydrogen) atoms. The minimum absolute atomic E-state index is 0.139. The Hall–Kier alpha value is -1.56. The monoisotopic (exact) mass is 366 g/mol. The van der Waals surface area contributed by atoms with E-state index in [4.69, 9.17) is 16.3 Å². The van der Waals surface area contributed by atoms with E-state index in [1.807, 2.05) is 25.5 Å². The minimum atomic E-state index is -0.972. The van der Waals surface area contributed by atoms with Crippen LogP contribution in [0.25, 0.3) is 0 Å². The molecule has 0 saturated carbocycles. The van der Waals surface area contributed by atoms with Crippen LogP contribution in [0.5, 0.6) is 5.75 Å². The Labute approximate surface area is 152 Å². The van der Waals surface area contributed by atoms with Crippen molar-refractivity contribution in [2.45, 2.75) is 25.5 Å². The largest absolute Gasteiger partial charge is 0.478 e. The van der Waals surface area contributed by atoms with Crippen LogP contribution in [0.1, 0.15) is 24.8 Å². The third-order valence-corrected chi connectivity index (χ3v) is 4.91. The predicted octanol–water partition coefficient (Wildman–Crippen LogP) is 3.98. The lowest BCUT2D eigenvalue weighted by molar-refractivity contribution is -0.134. The van der Waals surface area contributed by atoms with Crippen molar-refractivity contribution < 1.29 is 9.53 Å². The molecule has 1 atom stereocenters. The molecule has 1 aromatic carbocycles. The van der Waals surface area contributed by atoms with E-state index in [1.54, 1.807) is 49.4 Å². The van der Waals surface area contributed by atoms with Crippen LogP contribution in [0.3, 0.4) is 0 Å². The second-order valence-electron chi connectivity index (χ2n) is 6.27. The first-order valence-electron chi connectivity index (χ1n) is 7.72. The van der Waals surface area contributed by atoms with Crippen LogP contribution < -0.4 is 10.1 Å². The maximum atomic E-state index is 12.6. The minimum Gasteiger partial charge on any atom is -0.478 e. The average molecular weight is 367 g/mol. The molecule has 4 nitrogen and oxygen atoms in total. The highest BCUT2D eigenvalue weighted by Crippen LogP contribution is 2.24. The molecule has 0 radical (unpaired) electrons. The van der Waals surface area contributed by atoms with Gasteiger partial charge in [0.2, 0.25) is 0 Å². The quantitative estimate of drug-likeness (QED) is 0.805. The molecule has 2 aromatic rings. The number of hydrogen-bond acceptors (Lipinski definition) is 4. The number of nitrogens with one attached hydrogen (secondary N) is 1. The molecule has 130 valence electrons. The van der Waals surface area contributed by atoms with E-state index < -0.39 is 5.60 Å². The Balaban J connectivity index is 1.98. The topological polar surface area (TPSA) is 41.6 Å². The number of nitrogens with zero attached hydrogens (tertiary/aromatic N) is 1. The molecule has 1 amide bonds. The van der Waals surface area contributed by atoms with Gasteiger partial charge in [0, 0.05) is 16.4 Å². The molecule has 1 aromatic heterocycles. The molecule has 0 spiro atoms. The van der Waals surface area contributed by atoms with Crippen LogP contribution in [0.15, 0.2) is 41.8 Å². The molecular weight excluding hydrogens is 344 g/mol.